The van der Waals surface area contributed by atoms with E-state index in [1.165, 1.54) is 21.0 Å². The highest BCUT2D eigenvalue weighted by Crippen LogP contribution is 2.23. The predicted octanol–water partition coefficient (Wildman–Crippen LogP) is 1.36. The number of nitrogens with one attached hydrogen (secondary N) is 2. The van der Waals surface area contributed by atoms with E-state index in [9.17, 15) is 14.4 Å². The third-order valence-electron chi connectivity index (χ3n) is 2.56. The minimum Gasteiger partial charge on any atom is -0.497 e. The SMILES string of the molecule is COc1ccc(NC(C)=O)c(C(=O)CCNC(C)=O)c1. The van der Waals surface area contributed by atoms with Gasteiger partial charge in [-0.3, -0.25) is 14.4 Å². The monoisotopic (exact) mass is 278 g/mol. The topological polar surface area (TPSA) is 84.5 Å². The molecule has 1 aromatic carbocycles. The number of methoxy groups -OCH3 is 1. The lowest BCUT2D eigenvalue weighted by Crippen LogP contribution is -2.23. The van der Waals surface area contributed by atoms with Crippen molar-refractivity contribution in [2.75, 3.05) is 19.0 Å². The summed E-state index contributed by atoms with van der Waals surface area (Å²) in [6.07, 6.45) is 0.152. The number of Topliss-reactive ketones (excluding diaryl/α,β-unsaturated/α-hetero) is 1. The van der Waals surface area contributed by atoms with Crippen LogP contribution in [0.3, 0.4) is 0 Å². The van der Waals surface area contributed by atoms with Crippen molar-refractivity contribution < 1.29 is 19.1 Å². The van der Waals surface area contributed by atoms with Crippen molar-refractivity contribution in [3.63, 3.8) is 0 Å². The molecule has 0 saturated carbocycles. The van der Waals surface area contributed by atoms with Crippen molar-refractivity contribution in [2.45, 2.75) is 20.3 Å². The zero-order valence-electron chi connectivity index (χ0n) is 11.8. The fraction of sp³-hybridized carbons (Fsp3) is 0.357. The molecule has 0 spiro atoms. The third-order valence-corrected chi connectivity index (χ3v) is 2.56. The molecule has 0 unspecified atom stereocenters. The van der Waals surface area contributed by atoms with Crippen molar-refractivity contribution in [2.24, 2.45) is 0 Å². The Labute approximate surface area is 117 Å². The maximum absolute atomic E-state index is 12.1. The number of amides is 2. The zero-order valence-corrected chi connectivity index (χ0v) is 11.8. The summed E-state index contributed by atoms with van der Waals surface area (Å²) in [6, 6.07) is 4.85. The van der Waals surface area contributed by atoms with Gasteiger partial charge in [0.15, 0.2) is 5.78 Å². The molecule has 0 bridgehead atoms. The van der Waals surface area contributed by atoms with Gasteiger partial charge in [-0.1, -0.05) is 0 Å². The van der Waals surface area contributed by atoms with Gasteiger partial charge in [0.05, 0.1) is 12.8 Å². The molecule has 0 atom stereocenters. The highest BCUT2D eigenvalue weighted by Gasteiger charge is 2.13. The van der Waals surface area contributed by atoms with Gasteiger partial charge in [-0.15, -0.1) is 0 Å². The molecule has 0 heterocycles. The zero-order chi connectivity index (χ0) is 15.1. The first-order valence-electron chi connectivity index (χ1n) is 6.17. The van der Waals surface area contributed by atoms with E-state index in [1.54, 1.807) is 18.2 Å². The molecule has 0 aromatic heterocycles. The van der Waals surface area contributed by atoms with E-state index in [2.05, 4.69) is 10.6 Å². The summed E-state index contributed by atoms with van der Waals surface area (Å²) in [6.45, 7) is 3.01. The number of ketones is 1. The van der Waals surface area contributed by atoms with Crippen LogP contribution in [0.1, 0.15) is 30.6 Å². The second-order valence-corrected chi connectivity index (χ2v) is 4.25. The second kappa shape index (κ2) is 7.28. The average molecular weight is 278 g/mol. The Balaban J connectivity index is 2.90. The van der Waals surface area contributed by atoms with Crippen LogP contribution < -0.4 is 15.4 Å². The van der Waals surface area contributed by atoms with Crippen LogP contribution in [-0.2, 0) is 9.59 Å². The Morgan fingerprint density at radius 2 is 1.85 bits per heavy atom. The first kappa shape index (κ1) is 15.7. The largest absolute Gasteiger partial charge is 0.497 e. The molecule has 0 radical (unpaired) electrons. The molecule has 6 nitrogen and oxygen atoms in total. The first-order chi connectivity index (χ1) is 9.43. The van der Waals surface area contributed by atoms with Crippen molar-refractivity contribution in [3.8, 4) is 5.75 Å². The van der Waals surface area contributed by atoms with Gasteiger partial charge < -0.3 is 15.4 Å². The second-order valence-electron chi connectivity index (χ2n) is 4.25. The van der Waals surface area contributed by atoms with E-state index in [4.69, 9.17) is 4.74 Å². The lowest BCUT2D eigenvalue weighted by molar-refractivity contribution is -0.119. The Kier molecular flexibility index (Phi) is 5.71. The summed E-state index contributed by atoms with van der Waals surface area (Å²) < 4.78 is 5.07. The molecule has 2 amide bonds. The van der Waals surface area contributed by atoms with Crippen molar-refractivity contribution in [3.05, 3.63) is 23.8 Å². The van der Waals surface area contributed by atoms with E-state index in [1.807, 2.05) is 0 Å². The summed E-state index contributed by atoms with van der Waals surface area (Å²) in [5.74, 6) is -0.0972. The summed E-state index contributed by atoms with van der Waals surface area (Å²) in [4.78, 5) is 34.0. The first-order valence-corrected chi connectivity index (χ1v) is 6.17. The van der Waals surface area contributed by atoms with Crippen molar-refractivity contribution in [1.82, 2.24) is 5.32 Å². The molecule has 0 aliphatic rings. The molecule has 2 N–H and O–H groups in total. The maximum Gasteiger partial charge on any atom is 0.221 e. The quantitative estimate of drug-likeness (QED) is 0.769. The number of hydrogen-bond donors (Lipinski definition) is 2. The van der Waals surface area contributed by atoms with Crippen LogP contribution in [0.5, 0.6) is 5.75 Å². The Bertz CT molecular complexity index is 526. The fourth-order valence-electron chi connectivity index (χ4n) is 1.67. The van der Waals surface area contributed by atoms with Gasteiger partial charge in [-0.25, -0.2) is 0 Å². The standard InChI is InChI=1S/C14H18N2O4/c1-9(17)15-7-6-14(19)12-8-11(20-3)4-5-13(12)16-10(2)18/h4-5,8H,6-7H2,1-3H3,(H,15,17)(H,16,18). The Morgan fingerprint density at radius 3 is 2.40 bits per heavy atom. The van der Waals surface area contributed by atoms with Crippen molar-refractivity contribution >= 4 is 23.3 Å². The summed E-state index contributed by atoms with van der Waals surface area (Å²) >= 11 is 0. The maximum atomic E-state index is 12.1. The molecule has 20 heavy (non-hydrogen) atoms. The van der Waals surface area contributed by atoms with Crippen LogP contribution in [0.2, 0.25) is 0 Å². The van der Waals surface area contributed by atoms with Crippen LogP contribution in [0.4, 0.5) is 5.69 Å². The highest BCUT2D eigenvalue weighted by atomic mass is 16.5. The number of ether oxygens (including phenoxy) is 1. The molecule has 0 saturated heterocycles. The molecule has 1 aromatic rings. The molecule has 1 rings (SSSR count). The molecule has 6 heteroatoms. The van der Waals surface area contributed by atoms with E-state index in [0.717, 1.165) is 0 Å². The van der Waals surface area contributed by atoms with Crippen LogP contribution in [-0.4, -0.2) is 31.3 Å². The van der Waals surface area contributed by atoms with Crippen LogP contribution in [0.25, 0.3) is 0 Å². The molecular weight excluding hydrogens is 260 g/mol. The summed E-state index contributed by atoms with van der Waals surface area (Å²) in [5.41, 5.74) is 0.802. The van der Waals surface area contributed by atoms with Gasteiger partial charge in [0.2, 0.25) is 11.8 Å². The van der Waals surface area contributed by atoms with Gasteiger partial charge in [0.1, 0.15) is 5.75 Å². The minimum absolute atomic E-state index is 0.152. The lowest BCUT2D eigenvalue weighted by Gasteiger charge is -2.11. The number of carbonyl (C=O) groups is 3. The number of carbonyl (C=O) groups excluding carboxylic acids is 3. The number of rotatable bonds is 6. The van der Waals surface area contributed by atoms with E-state index in [0.29, 0.717) is 17.0 Å². The van der Waals surface area contributed by atoms with Crippen LogP contribution in [0.15, 0.2) is 18.2 Å². The Morgan fingerprint density at radius 1 is 1.15 bits per heavy atom. The molecule has 0 aliphatic carbocycles. The predicted molar refractivity (Wildman–Crippen MR) is 74.9 cm³/mol. The molecule has 108 valence electrons. The molecular formula is C14H18N2O4. The molecule has 0 fully saturated rings. The highest BCUT2D eigenvalue weighted by molar-refractivity contribution is 6.05. The van der Waals surface area contributed by atoms with E-state index in [-0.39, 0.29) is 30.6 Å². The molecule has 0 aliphatic heterocycles. The van der Waals surface area contributed by atoms with Gasteiger partial charge in [0, 0.05) is 32.4 Å². The van der Waals surface area contributed by atoms with Crippen LogP contribution >= 0.6 is 0 Å². The van der Waals surface area contributed by atoms with E-state index >= 15 is 0 Å². The number of anilines is 1. The summed E-state index contributed by atoms with van der Waals surface area (Å²) in [7, 11) is 1.50. The van der Waals surface area contributed by atoms with Gasteiger partial charge in [-0.2, -0.15) is 0 Å². The Hall–Kier alpha value is -2.37. The average Bonchev–Trinajstić information content (AvgIpc) is 2.38. The lowest BCUT2D eigenvalue weighted by atomic mass is 10.1. The smallest absolute Gasteiger partial charge is 0.221 e. The minimum atomic E-state index is -0.258. The van der Waals surface area contributed by atoms with Gasteiger partial charge in [-0.05, 0) is 18.2 Å². The van der Waals surface area contributed by atoms with Crippen molar-refractivity contribution in [1.29, 1.82) is 0 Å². The number of benzene rings is 1. The normalized spacial score (nSPS) is 9.75. The summed E-state index contributed by atoms with van der Waals surface area (Å²) in [5, 5.41) is 5.16. The van der Waals surface area contributed by atoms with Gasteiger partial charge in [0.25, 0.3) is 0 Å². The number of hydrogen-bond acceptors (Lipinski definition) is 4. The fourth-order valence-corrected chi connectivity index (χ4v) is 1.67. The third kappa shape index (κ3) is 4.72. The van der Waals surface area contributed by atoms with Gasteiger partial charge >= 0.3 is 0 Å². The van der Waals surface area contributed by atoms with Crippen LogP contribution in [0, 0.1) is 0 Å². The van der Waals surface area contributed by atoms with E-state index < -0.39 is 0 Å².